The van der Waals surface area contributed by atoms with Crippen molar-refractivity contribution in [2.24, 2.45) is 0 Å². The maximum atomic E-state index is 10.9. The van der Waals surface area contributed by atoms with Crippen molar-refractivity contribution in [3.05, 3.63) is 0 Å². The number of anilines is 1. The first-order valence-corrected chi connectivity index (χ1v) is 6.76. The first-order chi connectivity index (χ1) is 7.94. The quantitative estimate of drug-likeness (QED) is 0.721. The van der Waals surface area contributed by atoms with Gasteiger partial charge in [0.2, 0.25) is 5.95 Å². The Hall–Kier alpha value is -1.64. The minimum Gasteiger partial charge on any atom is -0.467 e. The van der Waals surface area contributed by atoms with E-state index in [4.69, 9.17) is 9.47 Å². The summed E-state index contributed by atoms with van der Waals surface area (Å²) in [5.41, 5.74) is 0. The van der Waals surface area contributed by atoms with Crippen LogP contribution in [0.5, 0.6) is 12.0 Å². The fourth-order valence-electron chi connectivity index (χ4n) is 0.948. The predicted octanol–water partition coefficient (Wildman–Crippen LogP) is -0.655. The first-order valence-electron chi connectivity index (χ1n) is 4.70. The Balaban J connectivity index is 2.70. The first kappa shape index (κ1) is 13.4. The van der Waals surface area contributed by atoms with Gasteiger partial charge in [-0.1, -0.05) is 0 Å². The van der Waals surface area contributed by atoms with Gasteiger partial charge in [-0.25, -0.2) is 8.42 Å². The molecule has 1 N–H and O–H groups in total. The lowest BCUT2D eigenvalue weighted by Gasteiger charge is -2.06. The summed E-state index contributed by atoms with van der Waals surface area (Å²) in [4.78, 5) is 11.6. The monoisotopic (exact) mass is 262 g/mol. The second-order valence-corrected chi connectivity index (χ2v) is 5.45. The summed E-state index contributed by atoms with van der Waals surface area (Å²) in [7, 11) is -0.198. The molecule has 0 fully saturated rings. The van der Waals surface area contributed by atoms with Gasteiger partial charge in [0.05, 0.1) is 20.0 Å². The van der Waals surface area contributed by atoms with Crippen molar-refractivity contribution in [3.63, 3.8) is 0 Å². The van der Waals surface area contributed by atoms with Crippen molar-refractivity contribution in [1.82, 2.24) is 15.0 Å². The fourth-order valence-corrected chi connectivity index (χ4v) is 1.42. The summed E-state index contributed by atoms with van der Waals surface area (Å²) in [5, 5.41) is 2.75. The van der Waals surface area contributed by atoms with Crippen LogP contribution in [0.1, 0.15) is 0 Å². The van der Waals surface area contributed by atoms with Crippen LogP contribution in [0.2, 0.25) is 0 Å². The number of sulfone groups is 1. The van der Waals surface area contributed by atoms with Crippen molar-refractivity contribution >= 4 is 15.8 Å². The van der Waals surface area contributed by atoms with E-state index in [1.54, 1.807) is 0 Å². The van der Waals surface area contributed by atoms with Crippen LogP contribution in [-0.4, -0.2) is 56.1 Å². The van der Waals surface area contributed by atoms with Crippen LogP contribution in [0, 0.1) is 0 Å². The Labute approximate surface area is 99.3 Å². The molecule has 0 amide bonds. The Kier molecular flexibility index (Phi) is 4.44. The molecule has 0 saturated carbocycles. The van der Waals surface area contributed by atoms with Crippen molar-refractivity contribution in [2.45, 2.75) is 0 Å². The number of hydrogen-bond acceptors (Lipinski definition) is 8. The van der Waals surface area contributed by atoms with Crippen LogP contribution in [0.15, 0.2) is 0 Å². The van der Waals surface area contributed by atoms with Gasteiger partial charge in [-0.05, 0) is 0 Å². The van der Waals surface area contributed by atoms with E-state index in [9.17, 15) is 8.42 Å². The third kappa shape index (κ3) is 4.81. The smallest absolute Gasteiger partial charge is 0.324 e. The molecule has 0 aromatic carbocycles. The molecular weight excluding hydrogens is 248 g/mol. The summed E-state index contributed by atoms with van der Waals surface area (Å²) in [5.74, 6) is 0.195. The van der Waals surface area contributed by atoms with Crippen molar-refractivity contribution in [2.75, 3.05) is 38.1 Å². The molecule has 0 unspecified atom stereocenters. The van der Waals surface area contributed by atoms with Gasteiger partial charge in [-0.3, -0.25) is 0 Å². The summed E-state index contributed by atoms with van der Waals surface area (Å²) < 4.78 is 31.5. The molecule has 1 heterocycles. The van der Waals surface area contributed by atoms with Gasteiger partial charge < -0.3 is 14.8 Å². The molecule has 17 heavy (non-hydrogen) atoms. The Morgan fingerprint density at radius 1 is 1.12 bits per heavy atom. The summed E-state index contributed by atoms with van der Waals surface area (Å²) in [6.45, 7) is 0.204. The third-order valence-electron chi connectivity index (χ3n) is 1.72. The normalized spacial score (nSPS) is 11.0. The highest BCUT2D eigenvalue weighted by atomic mass is 32.2. The van der Waals surface area contributed by atoms with Crippen LogP contribution in [0.4, 0.5) is 5.95 Å². The minimum absolute atomic E-state index is 0.0106. The number of methoxy groups -OCH3 is 2. The molecule has 0 saturated heterocycles. The largest absolute Gasteiger partial charge is 0.467 e. The van der Waals surface area contributed by atoms with Gasteiger partial charge in [-0.2, -0.15) is 9.97 Å². The molecule has 0 aliphatic carbocycles. The molecular formula is C8H14N4O4S. The molecule has 1 rings (SSSR count). The van der Waals surface area contributed by atoms with E-state index >= 15 is 0 Å². The van der Waals surface area contributed by atoms with Gasteiger partial charge in [-0.15, -0.1) is 4.98 Å². The lowest BCUT2D eigenvalue weighted by atomic mass is 10.7. The highest BCUT2D eigenvalue weighted by molar-refractivity contribution is 7.90. The summed E-state index contributed by atoms with van der Waals surface area (Å²) in [6.07, 6.45) is 1.16. The maximum Gasteiger partial charge on any atom is 0.324 e. The maximum absolute atomic E-state index is 10.9. The van der Waals surface area contributed by atoms with Gasteiger partial charge in [0.15, 0.2) is 0 Å². The van der Waals surface area contributed by atoms with Crippen LogP contribution < -0.4 is 14.8 Å². The van der Waals surface area contributed by atoms with E-state index in [1.807, 2.05) is 0 Å². The van der Waals surface area contributed by atoms with E-state index < -0.39 is 9.84 Å². The van der Waals surface area contributed by atoms with Crippen molar-refractivity contribution in [3.8, 4) is 12.0 Å². The Morgan fingerprint density at radius 2 is 1.65 bits per heavy atom. The zero-order chi connectivity index (χ0) is 12.9. The lowest BCUT2D eigenvalue weighted by Crippen LogP contribution is -2.16. The lowest BCUT2D eigenvalue weighted by molar-refractivity contribution is 0.341. The molecule has 0 bridgehead atoms. The molecule has 0 aliphatic rings. The van der Waals surface area contributed by atoms with E-state index in [0.717, 1.165) is 6.26 Å². The number of nitrogens with zero attached hydrogens (tertiary/aromatic N) is 3. The molecule has 0 atom stereocenters. The minimum atomic E-state index is -3.02. The van der Waals surface area contributed by atoms with Gasteiger partial charge >= 0.3 is 12.0 Å². The van der Waals surface area contributed by atoms with Gasteiger partial charge in [0.25, 0.3) is 0 Å². The van der Waals surface area contributed by atoms with Gasteiger partial charge in [0.1, 0.15) is 9.84 Å². The average Bonchev–Trinajstić information content (AvgIpc) is 2.26. The second-order valence-electron chi connectivity index (χ2n) is 3.19. The number of aromatic nitrogens is 3. The average molecular weight is 262 g/mol. The molecule has 96 valence electrons. The van der Waals surface area contributed by atoms with Crippen molar-refractivity contribution in [1.29, 1.82) is 0 Å². The number of nitrogens with one attached hydrogen (secondary N) is 1. The van der Waals surface area contributed by atoms with Crippen LogP contribution in [0.25, 0.3) is 0 Å². The van der Waals surface area contributed by atoms with Gasteiger partial charge in [0, 0.05) is 12.8 Å². The predicted molar refractivity (Wildman–Crippen MR) is 61.1 cm³/mol. The molecule has 9 heteroatoms. The Morgan fingerprint density at radius 3 is 2.06 bits per heavy atom. The molecule has 1 aromatic heterocycles. The number of ether oxygens (including phenoxy) is 2. The van der Waals surface area contributed by atoms with Crippen LogP contribution in [0.3, 0.4) is 0 Å². The highest BCUT2D eigenvalue weighted by Crippen LogP contribution is 2.11. The SMILES string of the molecule is COc1nc(NCCS(C)(=O)=O)nc(OC)n1. The standard InChI is InChI=1S/C8H14N4O4S/c1-15-7-10-6(11-8(12-7)16-2)9-4-5-17(3,13)14/h4-5H2,1-3H3,(H,9,10,11,12). The highest BCUT2D eigenvalue weighted by Gasteiger charge is 2.07. The molecule has 0 aliphatic heterocycles. The summed E-state index contributed by atoms with van der Waals surface area (Å²) >= 11 is 0. The van der Waals surface area contributed by atoms with E-state index in [2.05, 4.69) is 20.3 Å². The molecule has 0 radical (unpaired) electrons. The molecule has 1 aromatic rings. The zero-order valence-corrected chi connectivity index (χ0v) is 10.6. The second kappa shape index (κ2) is 5.62. The van der Waals surface area contributed by atoms with E-state index in [1.165, 1.54) is 14.2 Å². The third-order valence-corrected chi connectivity index (χ3v) is 2.66. The van der Waals surface area contributed by atoms with Crippen LogP contribution >= 0.6 is 0 Å². The van der Waals surface area contributed by atoms with Crippen molar-refractivity contribution < 1.29 is 17.9 Å². The number of hydrogen-bond donors (Lipinski definition) is 1. The van der Waals surface area contributed by atoms with Crippen LogP contribution in [-0.2, 0) is 9.84 Å². The van der Waals surface area contributed by atoms with E-state index in [-0.39, 0.29) is 30.3 Å². The number of rotatable bonds is 6. The van der Waals surface area contributed by atoms with E-state index in [0.29, 0.717) is 0 Å². The molecule has 0 spiro atoms. The summed E-state index contributed by atoms with van der Waals surface area (Å²) in [6, 6.07) is 0.192. The topological polar surface area (TPSA) is 103 Å². The fraction of sp³-hybridized carbons (Fsp3) is 0.625. The zero-order valence-electron chi connectivity index (χ0n) is 9.80. The Bertz CT molecular complexity index is 454. The molecule has 8 nitrogen and oxygen atoms in total.